The number of methoxy groups -OCH3 is 1. The van der Waals surface area contributed by atoms with Gasteiger partial charge < -0.3 is 24.3 Å². The Morgan fingerprint density at radius 2 is 1.97 bits per heavy atom. The Kier molecular flexibility index (Phi) is 5.79. The fourth-order valence-electron chi connectivity index (χ4n) is 4.03. The minimum absolute atomic E-state index is 0.0329. The molecule has 2 aliphatic rings. The summed E-state index contributed by atoms with van der Waals surface area (Å²) in [5, 5.41) is 3.53. The SMILES string of the molecule is COc1cc2c(Nc3cc(C(F)(F)F)ccc3Br)ncnc2cc1O[C@@H]1COC2CCOC21. The van der Waals surface area contributed by atoms with Crippen molar-refractivity contribution in [3.63, 3.8) is 0 Å². The summed E-state index contributed by atoms with van der Waals surface area (Å²) >= 11 is 3.29. The number of nitrogens with one attached hydrogen (secondary N) is 1. The molecule has 7 nitrogen and oxygen atoms in total. The highest BCUT2D eigenvalue weighted by Gasteiger charge is 2.43. The van der Waals surface area contributed by atoms with Gasteiger partial charge in [-0.3, -0.25) is 0 Å². The van der Waals surface area contributed by atoms with Crippen LogP contribution in [0.5, 0.6) is 11.5 Å². The first-order valence-electron chi connectivity index (χ1n) is 10.2. The van der Waals surface area contributed by atoms with Gasteiger partial charge in [-0.2, -0.15) is 13.2 Å². The molecule has 2 unspecified atom stereocenters. The number of halogens is 4. The molecule has 5 rings (SSSR count). The summed E-state index contributed by atoms with van der Waals surface area (Å²) in [4.78, 5) is 8.53. The third kappa shape index (κ3) is 4.32. The molecule has 33 heavy (non-hydrogen) atoms. The number of anilines is 2. The van der Waals surface area contributed by atoms with Crippen LogP contribution in [0.3, 0.4) is 0 Å². The zero-order valence-corrected chi connectivity index (χ0v) is 18.9. The monoisotopic (exact) mass is 525 g/mol. The van der Waals surface area contributed by atoms with Crippen LogP contribution in [0.4, 0.5) is 24.7 Å². The lowest BCUT2D eigenvalue weighted by Crippen LogP contribution is -2.32. The molecule has 0 spiro atoms. The number of aromatic nitrogens is 2. The smallest absolute Gasteiger partial charge is 0.416 e. The molecule has 3 aromatic rings. The Labute approximate surface area is 195 Å². The fourth-order valence-corrected chi connectivity index (χ4v) is 4.38. The van der Waals surface area contributed by atoms with Crippen LogP contribution >= 0.6 is 15.9 Å². The number of nitrogens with zero attached hydrogens (tertiary/aromatic N) is 2. The van der Waals surface area contributed by atoms with Crippen LogP contribution in [0.2, 0.25) is 0 Å². The average molecular weight is 526 g/mol. The summed E-state index contributed by atoms with van der Waals surface area (Å²) in [5.74, 6) is 1.23. The zero-order valence-electron chi connectivity index (χ0n) is 17.4. The molecular weight excluding hydrogens is 507 g/mol. The first kappa shape index (κ1) is 22.2. The number of hydrogen-bond acceptors (Lipinski definition) is 7. The van der Waals surface area contributed by atoms with Gasteiger partial charge >= 0.3 is 6.18 Å². The molecule has 11 heteroatoms. The van der Waals surface area contributed by atoms with E-state index in [1.54, 1.807) is 12.1 Å². The molecule has 0 saturated carbocycles. The van der Waals surface area contributed by atoms with Gasteiger partial charge in [0.05, 0.1) is 36.6 Å². The maximum atomic E-state index is 13.2. The second kappa shape index (κ2) is 8.62. The van der Waals surface area contributed by atoms with E-state index in [0.717, 1.165) is 18.6 Å². The van der Waals surface area contributed by atoms with E-state index in [0.29, 0.717) is 45.9 Å². The van der Waals surface area contributed by atoms with E-state index in [-0.39, 0.29) is 24.0 Å². The lowest BCUT2D eigenvalue weighted by molar-refractivity contribution is -0.137. The highest BCUT2D eigenvalue weighted by molar-refractivity contribution is 9.10. The summed E-state index contributed by atoms with van der Waals surface area (Å²) < 4.78 is 63.1. The molecule has 1 aromatic heterocycles. The Morgan fingerprint density at radius 1 is 1.12 bits per heavy atom. The molecule has 174 valence electrons. The summed E-state index contributed by atoms with van der Waals surface area (Å²) in [6, 6.07) is 6.76. The van der Waals surface area contributed by atoms with Gasteiger partial charge in [-0.05, 0) is 46.6 Å². The Hall–Kier alpha value is -2.63. The van der Waals surface area contributed by atoms with Gasteiger partial charge in [0.1, 0.15) is 18.2 Å². The maximum absolute atomic E-state index is 13.2. The molecule has 0 radical (unpaired) electrons. The number of hydrogen-bond donors (Lipinski definition) is 1. The van der Waals surface area contributed by atoms with Crippen LogP contribution in [-0.2, 0) is 15.7 Å². The Balaban J connectivity index is 1.48. The van der Waals surface area contributed by atoms with E-state index in [9.17, 15) is 13.2 Å². The highest BCUT2D eigenvalue weighted by atomic mass is 79.9. The molecule has 1 N–H and O–H groups in total. The molecule has 3 heterocycles. The van der Waals surface area contributed by atoms with Crippen LogP contribution in [0.15, 0.2) is 41.1 Å². The summed E-state index contributed by atoms with van der Waals surface area (Å²) in [6.45, 7) is 1.05. The van der Waals surface area contributed by atoms with Crippen molar-refractivity contribution >= 4 is 38.3 Å². The van der Waals surface area contributed by atoms with Crippen molar-refractivity contribution in [2.45, 2.75) is 30.9 Å². The first-order valence-corrected chi connectivity index (χ1v) is 11.0. The predicted molar refractivity (Wildman–Crippen MR) is 117 cm³/mol. The number of ether oxygens (including phenoxy) is 4. The normalized spacial score (nSPS) is 22.4. The van der Waals surface area contributed by atoms with Gasteiger partial charge in [0.25, 0.3) is 0 Å². The molecule has 2 aliphatic heterocycles. The van der Waals surface area contributed by atoms with E-state index in [2.05, 4.69) is 31.2 Å². The van der Waals surface area contributed by atoms with Crippen LogP contribution in [0.1, 0.15) is 12.0 Å². The number of benzene rings is 2. The fraction of sp³-hybridized carbons (Fsp3) is 0.364. The number of alkyl halides is 3. The lowest BCUT2D eigenvalue weighted by atomic mass is 10.1. The third-order valence-corrected chi connectivity index (χ3v) is 6.36. The number of rotatable bonds is 5. The molecule has 0 amide bonds. The van der Waals surface area contributed by atoms with Gasteiger partial charge in [-0.1, -0.05) is 0 Å². The van der Waals surface area contributed by atoms with Crippen molar-refractivity contribution in [1.82, 2.24) is 9.97 Å². The van der Waals surface area contributed by atoms with Gasteiger partial charge in [0, 0.05) is 22.5 Å². The van der Waals surface area contributed by atoms with E-state index in [4.69, 9.17) is 18.9 Å². The average Bonchev–Trinajstić information content (AvgIpc) is 3.39. The highest BCUT2D eigenvalue weighted by Crippen LogP contribution is 2.39. The standard InChI is InChI=1S/C22H19BrF3N3O4/c1-30-17-7-12-14(8-18(17)33-19-9-32-16-4-5-31-20(16)19)27-10-28-21(12)29-15-6-11(22(24,25)26)2-3-13(15)23/h2-3,6-8,10,16,19-20H,4-5,9H2,1H3,(H,27,28,29)/t16?,19-,20?/m1/s1. The largest absolute Gasteiger partial charge is 0.493 e. The van der Waals surface area contributed by atoms with Crippen molar-refractivity contribution in [2.75, 3.05) is 25.6 Å². The summed E-state index contributed by atoms with van der Waals surface area (Å²) in [6.07, 6.45) is -2.67. The van der Waals surface area contributed by atoms with E-state index in [1.165, 1.54) is 19.5 Å². The Morgan fingerprint density at radius 3 is 2.76 bits per heavy atom. The predicted octanol–water partition coefficient (Wildman–Crippen LogP) is 5.10. The second-order valence-electron chi connectivity index (χ2n) is 7.71. The minimum atomic E-state index is -4.47. The molecule has 2 fully saturated rings. The Bertz CT molecular complexity index is 1190. The maximum Gasteiger partial charge on any atom is 0.416 e. The van der Waals surface area contributed by atoms with E-state index < -0.39 is 11.7 Å². The molecular formula is C22H19BrF3N3O4. The zero-order chi connectivity index (χ0) is 23.2. The van der Waals surface area contributed by atoms with Crippen LogP contribution in [0.25, 0.3) is 10.9 Å². The van der Waals surface area contributed by atoms with Crippen molar-refractivity contribution in [1.29, 1.82) is 0 Å². The van der Waals surface area contributed by atoms with Gasteiger partial charge in [-0.25, -0.2) is 9.97 Å². The molecule has 0 bridgehead atoms. The molecule has 3 atom stereocenters. The van der Waals surface area contributed by atoms with Crippen molar-refractivity contribution < 1.29 is 32.1 Å². The third-order valence-electron chi connectivity index (χ3n) is 5.67. The second-order valence-corrected chi connectivity index (χ2v) is 8.57. The number of fused-ring (bicyclic) bond motifs is 2. The summed E-state index contributed by atoms with van der Waals surface area (Å²) in [7, 11) is 1.51. The minimum Gasteiger partial charge on any atom is -0.493 e. The van der Waals surface area contributed by atoms with Crippen molar-refractivity contribution in [3.05, 3.63) is 46.7 Å². The molecule has 2 aromatic carbocycles. The molecule has 2 saturated heterocycles. The first-order chi connectivity index (χ1) is 15.8. The quantitative estimate of drug-likeness (QED) is 0.496. The van der Waals surface area contributed by atoms with Crippen LogP contribution in [0, 0.1) is 0 Å². The topological polar surface area (TPSA) is 74.7 Å². The van der Waals surface area contributed by atoms with Crippen molar-refractivity contribution in [2.24, 2.45) is 0 Å². The van der Waals surface area contributed by atoms with Gasteiger partial charge in [0.15, 0.2) is 17.6 Å². The summed E-state index contributed by atoms with van der Waals surface area (Å²) in [5.41, 5.74) is -0.0168. The molecule has 0 aliphatic carbocycles. The van der Waals surface area contributed by atoms with E-state index in [1.807, 2.05) is 0 Å². The van der Waals surface area contributed by atoms with E-state index >= 15 is 0 Å². The van der Waals surface area contributed by atoms with Crippen LogP contribution in [-0.4, -0.2) is 48.6 Å². The van der Waals surface area contributed by atoms with Gasteiger partial charge in [-0.15, -0.1) is 0 Å². The van der Waals surface area contributed by atoms with Gasteiger partial charge in [0.2, 0.25) is 0 Å². The lowest BCUT2D eigenvalue weighted by Gasteiger charge is -2.20. The van der Waals surface area contributed by atoms with Crippen molar-refractivity contribution in [3.8, 4) is 11.5 Å². The van der Waals surface area contributed by atoms with Crippen LogP contribution < -0.4 is 14.8 Å².